The summed E-state index contributed by atoms with van der Waals surface area (Å²) in [6.45, 7) is 4.51. The van der Waals surface area contributed by atoms with Crippen molar-refractivity contribution in [2.45, 2.75) is 13.8 Å². The fourth-order valence-corrected chi connectivity index (χ4v) is 2.62. The normalized spacial score (nSPS) is 10.3. The van der Waals surface area contributed by atoms with E-state index in [0.717, 1.165) is 22.7 Å². The molecule has 0 bridgehead atoms. The molecule has 3 aromatic rings. The van der Waals surface area contributed by atoms with Crippen LogP contribution < -0.4 is 25.8 Å². The van der Waals surface area contributed by atoms with Crippen molar-refractivity contribution in [2.75, 3.05) is 30.1 Å². The Morgan fingerprint density at radius 2 is 1.67 bits per heavy atom. The van der Waals surface area contributed by atoms with Crippen molar-refractivity contribution < 1.29 is 9.47 Å². The predicted octanol–water partition coefficient (Wildman–Crippen LogP) is 4.26. The number of methoxy groups -OCH3 is 1. The van der Waals surface area contributed by atoms with Gasteiger partial charge in [0.05, 0.1) is 25.1 Å². The van der Waals surface area contributed by atoms with Gasteiger partial charge in [0.2, 0.25) is 0 Å². The monoisotopic (exact) mass is 365 g/mol. The van der Waals surface area contributed by atoms with Crippen LogP contribution in [0.1, 0.15) is 12.5 Å². The van der Waals surface area contributed by atoms with Crippen LogP contribution in [-0.2, 0) is 0 Å². The third-order valence-corrected chi connectivity index (χ3v) is 3.93. The Kier molecular flexibility index (Phi) is 5.61. The molecule has 0 aliphatic carbocycles. The average molecular weight is 365 g/mol. The molecule has 7 heteroatoms. The molecule has 0 aliphatic heterocycles. The van der Waals surface area contributed by atoms with Crippen LogP contribution >= 0.6 is 0 Å². The van der Waals surface area contributed by atoms with Gasteiger partial charge in [0.1, 0.15) is 23.5 Å². The molecule has 0 amide bonds. The molecule has 0 spiro atoms. The van der Waals surface area contributed by atoms with Crippen molar-refractivity contribution in [1.29, 1.82) is 0 Å². The first-order valence-electron chi connectivity index (χ1n) is 8.63. The van der Waals surface area contributed by atoms with Gasteiger partial charge in [-0.05, 0) is 43.7 Å². The first-order valence-corrected chi connectivity index (χ1v) is 8.63. The Labute approximate surface area is 158 Å². The SMILES string of the molecule is CCOc1ccccc1Nc1ncnc(Nc2cc(C)ccc2OC)c1N. The van der Waals surface area contributed by atoms with Gasteiger partial charge in [0.25, 0.3) is 0 Å². The van der Waals surface area contributed by atoms with Gasteiger partial charge in [-0.15, -0.1) is 0 Å². The van der Waals surface area contributed by atoms with Crippen LogP contribution in [0.2, 0.25) is 0 Å². The number of ether oxygens (including phenoxy) is 2. The Morgan fingerprint density at radius 1 is 0.963 bits per heavy atom. The summed E-state index contributed by atoms with van der Waals surface area (Å²) in [5.74, 6) is 2.42. The van der Waals surface area contributed by atoms with Gasteiger partial charge in [-0.2, -0.15) is 0 Å². The number of nitrogen functional groups attached to an aromatic ring is 1. The van der Waals surface area contributed by atoms with E-state index in [4.69, 9.17) is 15.2 Å². The lowest BCUT2D eigenvalue weighted by Gasteiger charge is -2.16. The summed E-state index contributed by atoms with van der Waals surface area (Å²) in [4.78, 5) is 8.53. The third-order valence-electron chi connectivity index (χ3n) is 3.93. The number of hydrogen-bond donors (Lipinski definition) is 3. The highest BCUT2D eigenvalue weighted by Crippen LogP contribution is 2.34. The molecule has 0 fully saturated rings. The minimum Gasteiger partial charge on any atom is -0.495 e. The Morgan fingerprint density at radius 3 is 2.37 bits per heavy atom. The molecule has 1 aromatic heterocycles. The quantitative estimate of drug-likeness (QED) is 0.576. The van der Waals surface area contributed by atoms with Crippen molar-refractivity contribution in [2.24, 2.45) is 0 Å². The van der Waals surface area contributed by atoms with Crippen molar-refractivity contribution >= 4 is 28.7 Å². The summed E-state index contributed by atoms with van der Waals surface area (Å²) in [5.41, 5.74) is 9.35. The molecule has 27 heavy (non-hydrogen) atoms. The Hall–Kier alpha value is -3.48. The average Bonchev–Trinajstić information content (AvgIpc) is 2.67. The molecule has 4 N–H and O–H groups in total. The van der Waals surface area contributed by atoms with Gasteiger partial charge >= 0.3 is 0 Å². The van der Waals surface area contributed by atoms with E-state index in [1.54, 1.807) is 7.11 Å². The number of aryl methyl sites for hydroxylation is 1. The van der Waals surface area contributed by atoms with E-state index in [-0.39, 0.29) is 0 Å². The summed E-state index contributed by atoms with van der Waals surface area (Å²) >= 11 is 0. The van der Waals surface area contributed by atoms with E-state index in [1.807, 2.05) is 56.3 Å². The van der Waals surface area contributed by atoms with Crippen LogP contribution in [0, 0.1) is 6.92 Å². The molecule has 0 radical (unpaired) electrons. The van der Waals surface area contributed by atoms with Gasteiger partial charge in [-0.1, -0.05) is 18.2 Å². The number of rotatable bonds is 7. The van der Waals surface area contributed by atoms with Gasteiger partial charge in [-0.25, -0.2) is 9.97 Å². The molecule has 0 atom stereocenters. The molecule has 0 unspecified atom stereocenters. The summed E-state index contributed by atoms with van der Waals surface area (Å²) in [5, 5.41) is 6.45. The fourth-order valence-electron chi connectivity index (χ4n) is 2.62. The number of nitrogens with zero attached hydrogens (tertiary/aromatic N) is 2. The van der Waals surface area contributed by atoms with Gasteiger partial charge in [0.15, 0.2) is 11.6 Å². The van der Waals surface area contributed by atoms with Crippen molar-refractivity contribution in [3.8, 4) is 11.5 Å². The molecule has 3 rings (SSSR count). The largest absolute Gasteiger partial charge is 0.495 e. The lowest BCUT2D eigenvalue weighted by Crippen LogP contribution is -2.06. The molecule has 140 valence electrons. The minimum atomic E-state index is 0.396. The number of anilines is 5. The van der Waals surface area contributed by atoms with Gasteiger partial charge in [-0.3, -0.25) is 0 Å². The topological polar surface area (TPSA) is 94.3 Å². The number of para-hydroxylation sites is 2. The zero-order valence-corrected chi connectivity index (χ0v) is 15.6. The third kappa shape index (κ3) is 4.20. The van der Waals surface area contributed by atoms with Crippen molar-refractivity contribution in [3.63, 3.8) is 0 Å². The van der Waals surface area contributed by atoms with Crippen LogP contribution in [0.15, 0.2) is 48.8 Å². The highest BCUT2D eigenvalue weighted by molar-refractivity contribution is 5.82. The lowest BCUT2D eigenvalue weighted by molar-refractivity contribution is 0.342. The van der Waals surface area contributed by atoms with E-state index >= 15 is 0 Å². The first-order chi connectivity index (χ1) is 13.1. The number of nitrogens with two attached hydrogens (primary N) is 1. The molecule has 0 saturated carbocycles. The summed E-state index contributed by atoms with van der Waals surface area (Å²) in [6, 6.07) is 13.5. The second-order valence-electron chi connectivity index (χ2n) is 5.87. The lowest BCUT2D eigenvalue weighted by atomic mass is 10.2. The maximum Gasteiger partial charge on any atom is 0.159 e. The molecule has 1 heterocycles. The first kappa shape index (κ1) is 18.3. The highest BCUT2D eigenvalue weighted by Gasteiger charge is 2.13. The number of hydrogen-bond acceptors (Lipinski definition) is 7. The van der Waals surface area contributed by atoms with E-state index < -0.39 is 0 Å². The Balaban J connectivity index is 1.90. The second-order valence-corrected chi connectivity index (χ2v) is 5.87. The summed E-state index contributed by atoms with van der Waals surface area (Å²) < 4.78 is 11.0. The predicted molar refractivity (Wildman–Crippen MR) is 108 cm³/mol. The standard InChI is InChI=1S/C20H23N5O2/c1-4-27-17-8-6-5-7-14(17)24-19-18(21)20(23-12-22-19)25-15-11-13(2)9-10-16(15)26-3/h5-12H,4,21H2,1-3H3,(H2,22,23,24,25). The minimum absolute atomic E-state index is 0.396. The maximum absolute atomic E-state index is 6.30. The molecular weight excluding hydrogens is 342 g/mol. The molecular formula is C20H23N5O2. The number of nitrogens with one attached hydrogen (secondary N) is 2. The smallest absolute Gasteiger partial charge is 0.159 e. The second kappa shape index (κ2) is 8.27. The van der Waals surface area contributed by atoms with Gasteiger partial charge in [0, 0.05) is 0 Å². The maximum atomic E-state index is 6.30. The van der Waals surface area contributed by atoms with E-state index in [9.17, 15) is 0 Å². The summed E-state index contributed by atoms with van der Waals surface area (Å²) in [6.07, 6.45) is 1.45. The molecule has 0 saturated heterocycles. The Bertz CT molecular complexity index is 930. The van der Waals surface area contributed by atoms with E-state index in [2.05, 4.69) is 20.6 Å². The molecule has 0 aliphatic rings. The van der Waals surface area contributed by atoms with Crippen molar-refractivity contribution in [1.82, 2.24) is 9.97 Å². The van der Waals surface area contributed by atoms with Crippen LogP contribution in [0.3, 0.4) is 0 Å². The van der Waals surface area contributed by atoms with Crippen LogP contribution in [-0.4, -0.2) is 23.7 Å². The van der Waals surface area contributed by atoms with Crippen molar-refractivity contribution in [3.05, 3.63) is 54.4 Å². The molecule has 7 nitrogen and oxygen atoms in total. The fraction of sp³-hybridized carbons (Fsp3) is 0.200. The summed E-state index contributed by atoms with van der Waals surface area (Å²) in [7, 11) is 1.62. The van der Waals surface area contributed by atoms with Crippen LogP contribution in [0.25, 0.3) is 0 Å². The van der Waals surface area contributed by atoms with E-state index in [0.29, 0.717) is 29.7 Å². The zero-order chi connectivity index (χ0) is 19.2. The van der Waals surface area contributed by atoms with E-state index in [1.165, 1.54) is 6.33 Å². The number of benzene rings is 2. The molecule has 2 aromatic carbocycles. The van der Waals surface area contributed by atoms with Crippen LogP contribution in [0.5, 0.6) is 11.5 Å². The van der Waals surface area contributed by atoms with Gasteiger partial charge < -0.3 is 25.8 Å². The highest BCUT2D eigenvalue weighted by atomic mass is 16.5. The number of aromatic nitrogens is 2. The van der Waals surface area contributed by atoms with Crippen LogP contribution in [0.4, 0.5) is 28.7 Å². The zero-order valence-electron chi connectivity index (χ0n) is 15.6.